The highest BCUT2D eigenvalue weighted by Crippen LogP contribution is 2.39. The van der Waals surface area contributed by atoms with E-state index in [1.807, 2.05) is 53.4 Å². The third kappa shape index (κ3) is 3.32. The Morgan fingerprint density at radius 2 is 1.85 bits per heavy atom. The van der Waals surface area contributed by atoms with Crippen LogP contribution >= 0.6 is 0 Å². The average molecular weight is 349 g/mol. The Kier molecular flexibility index (Phi) is 4.65. The molecule has 1 amide bonds. The third-order valence-electron chi connectivity index (χ3n) is 5.30. The van der Waals surface area contributed by atoms with E-state index < -0.39 is 0 Å². The Morgan fingerprint density at radius 3 is 2.62 bits per heavy atom. The molecule has 2 heterocycles. The highest BCUT2D eigenvalue weighted by Gasteiger charge is 2.38. The summed E-state index contributed by atoms with van der Waals surface area (Å²) >= 11 is 0. The van der Waals surface area contributed by atoms with Crippen LogP contribution < -0.4 is 0 Å². The van der Waals surface area contributed by atoms with Gasteiger partial charge in [0.25, 0.3) is 0 Å². The molecule has 26 heavy (non-hydrogen) atoms. The number of amides is 1. The molecule has 2 bridgehead atoms. The number of phenols is 1. The lowest BCUT2D eigenvalue weighted by Gasteiger charge is -2.44. The molecule has 1 fully saturated rings. The highest BCUT2D eigenvalue weighted by atomic mass is 16.6. The number of hydrogen-bond acceptors (Lipinski definition) is 3. The number of benzene rings is 2. The molecule has 2 aromatic carbocycles. The Balaban J connectivity index is 1.51. The van der Waals surface area contributed by atoms with Gasteiger partial charge in [-0.1, -0.05) is 54.6 Å². The van der Waals surface area contributed by atoms with Crippen molar-refractivity contribution in [3.63, 3.8) is 0 Å². The lowest BCUT2D eigenvalue weighted by Crippen LogP contribution is -2.51. The average Bonchev–Trinajstić information content (AvgIpc) is 2.66. The Labute approximate surface area is 153 Å². The number of hydrogen-bond donors (Lipinski definition) is 1. The molecule has 0 aliphatic carbocycles. The topological polar surface area (TPSA) is 49.8 Å². The fraction of sp³-hybridized carbons (Fsp3) is 0.318. The normalized spacial score (nSPS) is 21.8. The minimum atomic E-state index is -0.240. The molecular weight excluding hydrogens is 326 g/mol. The van der Waals surface area contributed by atoms with Gasteiger partial charge in [0.05, 0.1) is 6.04 Å². The summed E-state index contributed by atoms with van der Waals surface area (Å²) in [6, 6.07) is 17.4. The smallest absolute Gasteiger partial charge is 0.410 e. The SMILES string of the molecule is O=C(OCc1ccccc1)N1C2C=C(c3ccccc3O)CC1CCC2. The number of ether oxygens (including phenoxy) is 1. The quantitative estimate of drug-likeness (QED) is 0.871. The second kappa shape index (κ2) is 7.24. The van der Waals surface area contributed by atoms with E-state index in [-0.39, 0.29) is 18.2 Å². The van der Waals surface area contributed by atoms with Crippen LogP contribution in [0.25, 0.3) is 5.57 Å². The molecule has 2 atom stereocenters. The summed E-state index contributed by atoms with van der Waals surface area (Å²) in [4.78, 5) is 14.6. The van der Waals surface area contributed by atoms with E-state index in [2.05, 4.69) is 6.08 Å². The number of nitrogens with zero attached hydrogens (tertiary/aromatic N) is 1. The van der Waals surface area contributed by atoms with Gasteiger partial charge in [-0.25, -0.2) is 4.79 Å². The maximum absolute atomic E-state index is 12.7. The van der Waals surface area contributed by atoms with Gasteiger partial charge in [-0.2, -0.15) is 0 Å². The van der Waals surface area contributed by atoms with Crippen LogP contribution in [-0.2, 0) is 11.3 Å². The van der Waals surface area contributed by atoms with Crippen LogP contribution in [-0.4, -0.2) is 28.2 Å². The minimum absolute atomic E-state index is 0.0420. The van der Waals surface area contributed by atoms with Gasteiger partial charge in [-0.05, 0) is 42.9 Å². The highest BCUT2D eigenvalue weighted by molar-refractivity contribution is 5.76. The summed E-state index contributed by atoms with van der Waals surface area (Å²) in [5.74, 6) is 0.303. The molecule has 2 aromatic rings. The minimum Gasteiger partial charge on any atom is -0.507 e. The summed E-state index contributed by atoms with van der Waals surface area (Å²) in [6.07, 6.45) is 5.68. The van der Waals surface area contributed by atoms with Gasteiger partial charge in [0, 0.05) is 11.6 Å². The van der Waals surface area contributed by atoms with Crippen LogP contribution in [0.1, 0.15) is 36.8 Å². The van der Waals surface area contributed by atoms with Gasteiger partial charge in [0.2, 0.25) is 0 Å². The van der Waals surface area contributed by atoms with E-state index >= 15 is 0 Å². The van der Waals surface area contributed by atoms with Gasteiger partial charge in [-0.3, -0.25) is 4.90 Å². The van der Waals surface area contributed by atoms with E-state index in [0.29, 0.717) is 12.4 Å². The standard InChI is InChI=1S/C22H23NO3/c24-21-12-5-4-11-20(21)17-13-18-9-6-10-19(14-17)23(18)22(25)26-15-16-7-2-1-3-8-16/h1-5,7-8,11-13,18-19,24H,6,9-10,14-15H2. The molecular formula is C22H23NO3. The number of aromatic hydroxyl groups is 1. The lowest BCUT2D eigenvalue weighted by atomic mass is 9.83. The van der Waals surface area contributed by atoms with E-state index in [1.54, 1.807) is 6.07 Å². The zero-order valence-electron chi connectivity index (χ0n) is 14.7. The molecule has 2 aliphatic rings. The lowest BCUT2D eigenvalue weighted by molar-refractivity contribution is 0.0510. The van der Waals surface area contributed by atoms with E-state index in [0.717, 1.165) is 42.4 Å². The summed E-state index contributed by atoms with van der Waals surface area (Å²) in [5.41, 5.74) is 3.00. The molecule has 2 aliphatic heterocycles. The first kappa shape index (κ1) is 16.7. The fourth-order valence-corrected chi connectivity index (χ4v) is 4.05. The summed E-state index contributed by atoms with van der Waals surface area (Å²) in [5, 5.41) is 10.2. The molecule has 0 radical (unpaired) electrons. The van der Waals surface area contributed by atoms with Crippen molar-refractivity contribution in [3.05, 3.63) is 71.8 Å². The van der Waals surface area contributed by atoms with E-state index in [4.69, 9.17) is 4.74 Å². The molecule has 4 rings (SSSR count). The summed E-state index contributed by atoms with van der Waals surface area (Å²) < 4.78 is 5.58. The number of rotatable bonds is 3. The van der Waals surface area contributed by atoms with E-state index in [9.17, 15) is 9.90 Å². The van der Waals surface area contributed by atoms with Gasteiger partial charge < -0.3 is 9.84 Å². The van der Waals surface area contributed by atoms with Crippen molar-refractivity contribution in [3.8, 4) is 5.75 Å². The molecule has 2 unspecified atom stereocenters. The first-order valence-corrected chi connectivity index (χ1v) is 9.20. The largest absolute Gasteiger partial charge is 0.507 e. The van der Waals surface area contributed by atoms with Crippen LogP contribution in [0.3, 0.4) is 0 Å². The Morgan fingerprint density at radius 1 is 1.08 bits per heavy atom. The van der Waals surface area contributed by atoms with Gasteiger partial charge in [0.15, 0.2) is 0 Å². The number of fused-ring (bicyclic) bond motifs is 2. The molecule has 0 aromatic heterocycles. The number of para-hydroxylation sites is 1. The molecule has 1 N–H and O–H groups in total. The van der Waals surface area contributed by atoms with Crippen molar-refractivity contribution in [2.75, 3.05) is 0 Å². The van der Waals surface area contributed by atoms with Crippen molar-refractivity contribution in [1.29, 1.82) is 0 Å². The predicted molar refractivity (Wildman–Crippen MR) is 101 cm³/mol. The zero-order valence-corrected chi connectivity index (χ0v) is 14.7. The summed E-state index contributed by atoms with van der Waals surface area (Å²) in [6.45, 7) is 0.297. The number of phenolic OH excluding ortho intramolecular Hbond substituents is 1. The van der Waals surface area contributed by atoms with Crippen molar-refractivity contribution in [2.24, 2.45) is 0 Å². The van der Waals surface area contributed by atoms with Crippen molar-refractivity contribution in [2.45, 2.75) is 44.4 Å². The van der Waals surface area contributed by atoms with Gasteiger partial charge >= 0.3 is 6.09 Å². The summed E-state index contributed by atoms with van der Waals surface area (Å²) in [7, 11) is 0. The van der Waals surface area contributed by atoms with Crippen molar-refractivity contribution >= 4 is 11.7 Å². The molecule has 4 heteroatoms. The van der Waals surface area contributed by atoms with Crippen LogP contribution in [0.15, 0.2) is 60.7 Å². The molecule has 4 nitrogen and oxygen atoms in total. The molecule has 134 valence electrons. The van der Waals surface area contributed by atoms with Crippen molar-refractivity contribution < 1.29 is 14.6 Å². The zero-order chi connectivity index (χ0) is 17.9. The van der Waals surface area contributed by atoms with Crippen LogP contribution in [0.4, 0.5) is 4.79 Å². The van der Waals surface area contributed by atoms with E-state index in [1.165, 1.54) is 0 Å². The molecule has 0 saturated carbocycles. The Hall–Kier alpha value is -2.75. The number of carbonyl (C=O) groups is 1. The monoisotopic (exact) mass is 349 g/mol. The maximum atomic E-state index is 12.7. The van der Waals surface area contributed by atoms with Crippen LogP contribution in [0.2, 0.25) is 0 Å². The second-order valence-corrected chi connectivity index (χ2v) is 7.01. The third-order valence-corrected chi connectivity index (χ3v) is 5.30. The maximum Gasteiger partial charge on any atom is 0.410 e. The number of carbonyl (C=O) groups excluding carboxylic acids is 1. The fourth-order valence-electron chi connectivity index (χ4n) is 4.05. The van der Waals surface area contributed by atoms with Crippen LogP contribution in [0, 0.1) is 0 Å². The Bertz CT molecular complexity index is 815. The van der Waals surface area contributed by atoms with Gasteiger partial charge in [0.1, 0.15) is 12.4 Å². The second-order valence-electron chi connectivity index (χ2n) is 7.01. The first-order chi connectivity index (χ1) is 12.7. The van der Waals surface area contributed by atoms with Crippen LogP contribution in [0.5, 0.6) is 5.75 Å². The molecule has 1 saturated heterocycles. The molecule has 0 spiro atoms. The van der Waals surface area contributed by atoms with Crippen molar-refractivity contribution in [1.82, 2.24) is 4.90 Å². The van der Waals surface area contributed by atoms with Gasteiger partial charge in [-0.15, -0.1) is 0 Å². The first-order valence-electron chi connectivity index (χ1n) is 9.20. The number of piperidine rings is 1. The predicted octanol–water partition coefficient (Wildman–Crippen LogP) is 4.74.